The largest absolute Gasteiger partial charge is 0.493 e. The van der Waals surface area contributed by atoms with Crippen LogP contribution in [0, 0.1) is 0 Å². The Morgan fingerprint density at radius 3 is 2.50 bits per heavy atom. The first-order valence-electron chi connectivity index (χ1n) is 13.2. The van der Waals surface area contributed by atoms with Gasteiger partial charge in [0.1, 0.15) is 11.0 Å². The summed E-state index contributed by atoms with van der Waals surface area (Å²) >= 11 is 7.84. The third-order valence-corrected chi connectivity index (χ3v) is 7.75. The fourth-order valence-electron chi connectivity index (χ4n) is 4.25. The molecule has 1 amide bonds. The highest BCUT2D eigenvalue weighted by molar-refractivity contribution is 7.98. The van der Waals surface area contributed by atoms with E-state index < -0.39 is 0 Å². The number of hydrogen-bond donors (Lipinski definition) is 1. The molecule has 214 valence electrons. The molecule has 0 aliphatic carbocycles. The molecule has 1 fully saturated rings. The van der Waals surface area contributed by atoms with Gasteiger partial charge < -0.3 is 24.4 Å². The molecule has 2 aromatic carbocycles. The minimum Gasteiger partial charge on any atom is -0.493 e. The molecule has 9 nitrogen and oxygen atoms in total. The van der Waals surface area contributed by atoms with E-state index >= 15 is 0 Å². The van der Waals surface area contributed by atoms with Crippen molar-refractivity contribution in [2.45, 2.75) is 17.3 Å². The van der Waals surface area contributed by atoms with Crippen LogP contribution in [0.3, 0.4) is 0 Å². The highest BCUT2D eigenvalue weighted by Gasteiger charge is 2.13. The van der Waals surface area contributed by atoms with Crippen LogP contribution >= 0.6 is 23.4 Å². The Morgan fingerprint density at radius 1 is 1.05 bits per heavy atom. The lowest BCUT2D eigenvalue weighted by atomic mass is 10.1. The number of rotatable bonds is 13. The Labute approximate surface area is 245 Å². The van der Waals surface area contributed by atoms with Gasteiger partial charge in [0.2, 0.25) is 0 Å². The lowest BCUT2D eigenvalue weighted by molar-refractivity contribution is 0.0383. The Hall–Kier alpha value is -3.05. The van der Waals surface area contributed by atoms with Crippen LogP contribution < -0.4 is 19.7 Å². The molecular formula is C29H36ClN5O4S. The van der Waals surface area contributed by atoms with E-state index in [9.17, 15) is 4.79 Å². The van der Waals surface area contributed by atoms with E-state index in [0.717, 1.165) is 62.8 Å². The number of anilines is 1. The molecule has 0 saturated carbocycles. The van der Waals surface area contributed by atoms with Crippen LogP contribution in [-0.4, -0.2) is 88.0 Å². The van der Waals surface area contributed by atoms with E-state index in [-0.39, 0.29) is 5.91 Å². The van der Waals surface area contributed by atoms with Crippen molar-refractivity contribution < 1.29 is 19.0 Å². The molecule has 4 rings (SSSR count). The smallest absolute Gasteiger partial charge is 0.251 e. The first-order valence-corrected chi connectivity index (χ1v) is 14.6. The molecule has 1 aliphatic rings. The van der Waals surface area contributed by atoms with Gasteiger partial charge in [0.15, 0.2) is 16.7 Å². The van der Waals surface area contributed by atoms with Crippen LogP contribution in [0.1, 0.15) is 21.5 Å². The van der Waals surface area contributed by atoms with Crippen LogP contribution in [0.25, 0.3) is 0 Å². The van der Waals surface area contributed by atoms with Crippen molar-refractivity contribution in [3.63, 3.8) is 0 Å². The molecule has 40 heavy (non-hydrogen) atoms. The molecule has 1 aliphatic heterocycles. The molecule has 1 aromatic heterocycles. The summed E-state index contributed by atoms with van der Waals surface area (Å²) < 4.78 is 16.1. The normalized spacial score (nSPS) is 13.6. The minimum absolute atomic E-state index is 0.0635. The van der Waals surface area contributed by atoms with Gasteiger partial charge in [0.25, 0.3) is 5.91 Å². The first kappa shape index (κ1) is 29.9. The summed E-state index contributed by atoms with van der Waals surface area (Å²) in [5.41, 5.74) is 2.85. The second kappa shape index (κ2) is 15.1. The lowest BCUT2D eigenvalue weighted by Crippen LogP contribution is -2.41. The molecule has 0 spiro atoms. The number of benzene rings is 2. The monoisotopic (exact) mass is 585 g/mol. The highest BCUT2D eigenvalue weighted by Crippen LogP contribution is 2.28. The van der Waals surface area contributed by atoms with Gasteiger partial charge in [-0.15, -0.1) is 0 Å². The number of carbonyl (C=O) groups is 1. The first-order chi connectivity index (χ1) is 19.4. The molecular weight excluding hydrogens is 550 g/mol. The van der Waals surface area contributed by atoms with E-state index in [0.29, 0.717) is 39.7 Å². The number of thioether (sulfide) groups is 1. The second-order valence-corrected chi connectivity index (χ2v) is 10.7. The lowest BCUT2D eigenvalue weighted by Gasteiger charge is -2.26. The quantitative estimate of drug-likeness (QED) is 0.180. The van der Waals surface area contributed by atoms with Gasteiger partial charge in [-0.25, -0.2) is 9.97 Å². The predicted octanol–water partition coefficient (Wildman–Crippen LogP) is 4.18. The van der Waals surface area contributed by atoms with Crippen molar-refractivity contribution in [2.75, 3.05) is 72.1 Å². The fourth-order valence-corrected chi connectivity index (χ4v) is 5.28. The molecule has 0 unspecified atom stereocenters. The Kier molecular flexibility index (Phi) is 11.3. The number of halogens is 1. The number of likely N-dealkylation sites (N-methyl/N-ethyl adjacent to an activating group) is 1. The van der Waals surface area contributed by atoms with Crippen LogP contribution in [0.15, 0.2) is 53.7 Å². The van der Waals surface area contributed by atoms with E-state index in [1.807, 2.05) is 49.5 Å². The van der Waals surface area contributed by atoms with Crippen molar-refractivity contribution in [3.05, 3.63) is 70.4 Å². The van der Waals surface area contributed by atoms with Crippen LogP contribution in [0.4, 0.5) is 5.82 Å². The van der Waals surface area contributed by atoms with E-state index in [1.165, 1.54) is 11.8 Å². The van der Waals surface area contributed by atoms with Crippen LogP contribution in [-0.2, 0) is 16.9 Å². The van der Waals surface area contributed by atoms with Crippen molar-refractivity contribution >= 4 is 35.1 Å². The number of carbonyl (C=O) groups excluding carboxylic acids is 1. The standard InChI is InChI=1S/C29H36ClN5O4S/c1-34(12-10-21-6-9-24(37-2)25(18-21)38-3)27-19-26(30)32-29(33-27)40-20-22-4-7-23(8-5-22)28(36)31-11-13-35-14-16-39-17-15-35/h4-9,18-19H,10-17,20H2,1-3H3,(H,31,36). The average Bonchev–Trinajstić information content (AvgIpc) is 2.99. The van der Waals surface area contributed by atoms with Crippen molar-refractivity contribution in [3.8, 4) is 11.5 Å². The minimum atomic E-state index is -0.0635. The van der Waals surface area contributed by atoms with Gasteiger partial charge in [-0.05, 0) is 41.8 Å². The zero-order valence-corrected chi connectivity index (χ0v) is 24.8. The van der Waals surface area contributed by atoms with Crippen LogP contribution in [0.2, 0.25) is 5.15 Å². The maximum Gasteiger partial charge on any atom is 0.251 e. The topological polar surface area (TPSA) is 89.1 Å². The molecule has 0 atom stereocenters. The summed E-state index contributed by atoms with van der Waals surface area (Å²) in [7, 11) is 5.25. The summed E-state index contributed by atoms with van der Waals surface area (Å²) in [6.07, 6.45) is 0.800. The number of ether oxygens (including phenoxy) is 3. The van der Waals surface area contributed by atoms with Crippen LogP contribution in [0.5, 0.6) is 11.5 Å². The third-order valence-electron chi connectivity index (χ3n) is 6.64. The Balaban J connectivity index is 1.27. The molecule has 11 heteroatoms. The van der Waals surface area contributed by atoms with Gasteiger partial charge in [0.05, 0.1) is 27.4 Å². The maximum atomic E-state index is 12.5. The molecule has 0 radical (unpaired) electrons. The third kappa shape index (κ3) is 8.72. The number of nitrogens with zero attached hydrogens (tertiary/aromatic N) is 4. The van der Waals surface area contributed by atoms with Gasteiger partial charge >= 0.3 is 0 Å². The van der Waals surface area contributed by atoms with Gasteiger partial charge in [-0.1, -0.05) is 41.6 Å². The molecule has 2 heterocycles. The number of amides is 1. The highest BCUT2D eigenvalue weighted by atomic mass is 35.5. The number of aromatic nitrogens is 2. The summed E-state index contributed by atoms with van der Waals surface area (Å²) in [4.78, 5) is 26.0. The maximum absolute atomic E-state index is 12.5. The molecule has 0 bridgehead atoms. The Morgan fingerprint density at radius 2 is 1.77 bits per heavy atom. The van der Waals surface area contributed by atoms with E-state index in [4.69, 9.17) is 30.8 Å². The van der Waals surface area contributed by atoms with E-state index in [1.54, 1.807) is 20.3 Å². The Bertz CT molecular complexity index is 1260. The summed E-state index contributed by atoms with van der Waals surface area (Å²) in [6, 6.07) is 15.3. The van der Waals surface area contributed by atoms with Gasteiger partial charge in [0, 0.05) is 57.2 Å². The molecule has 1 saturated heterocycles. The average molecular weight is 586 g/mol. The predicted molar refractivity (Wildman–Crippen MR) is 159 cm³/mol. The number of hydrogen-bond acceptors (Lipinski definition) is 9. The van der Waals surface area contributed by atoms with Crippen molar-refractivity contribution in [2.24, 2.45) is 0 Å². The summed E-state index contributed by atoms with van der Waals surface area (Å²) in [5.74, 6) is 2.78. The number of methoxy groups -OCH3 is 2. The second-order valence-electron chi connectivity index (χ2n) is 9.39. The number of nitrogens with one attached hydrogen (secondary N) is 1. The number of morpholine rings is 1. The van der Waals surface area contributed by atoms with Gasteiger partial charge in [-0.2, -0.15) is 0 Å². The summed E-state index contributed by atoms with van der Waals surface area (Å²) in [5, 5.41) is 4.00. The fraction of sp³-hybridized carbons (Fsp3) is 0.414. The van der Waals surface area contributed by atoms with Gasteiger partial charge in [-0.3, -0.25) is 9.69 Å². The molecule has 1 N–H and O–H groups in total. The van der Waals surface area contributed by atoms with E-state index in [2.05, 4.69) is 20.1 Å². The zero-order valence-electron chi connectivity index (χ0n) is 23.2. The summed E-state index contributed by atoms with van der Waals surface area (Å²) in [6.45, 7) is 5.53. The zero-order chi connectivity index (χ0) is 28.3. The SMILES string of the molecule is COc1ccc(CCN(C)c2cc(Cl)nc(SCc3ccc(C(=O)NCCN4CCOCC4)cc3)n2)cc1OC. The van der Waals surface area contributed by atoms with Crippen molar-refractivity contribution in [1.82, 2.24) is 20.2 Å². The molecule has 3 aromatic rings. The van der Waals surface area contributed by atoms with Crippen molar-refractivity contribution in [1.29, 1.82) is 0 Å².